The van der Waals surface area contributed by atoms with Gasteiger partial charge in [0.25, 0.3) is 0 Å². The Labute approximate surface area is 135 Å². The zero-order valence-corrected chi connectivity index (χ0v) is 14.1. The fourth-order valence-electron chi connectivity index (χ4n) is 1.48. The molecule has 0 aliphatic rings. The Morgan fingerprint density at radius 3 is 2.14 bits per heavy atom. The average Bonchev–Trinajstić information content (AvgIpc) is 2.48. The molecule has 0 saturated heterocycles. The van der Waals surface area contributed by atoms with Crippen molar-refractivity contribution < 1.29 is 18.9 Å². The van der Waals surface area contributed by atoms with Gasteiger partial charge >= 0.3 is 0 Å². The highest BCUT2D eigenvalue weighted by molar-refractivity contribution is 9.10. The van der Waals surface area contributed by atoms with Crippen molar-refractivity contribution in [2.45, 2.75) is 19.8 Å². The molecular weight excluding hydrogens is 338 g/mol. The maximum Gasteiger partial charge on any atom is 0.138 e. The molecule has 0 fully saturated rings. The van der Waals surface area contributed by atoms with Crippen LogP contribution < -0.4 is 4.74 Å². The van der Waals surface area contributed by atoms with Crippen molar-refractivity contribution in [3.63, 3.8) is 0 Å². The molecule has 0 aliphatic carbocycles. The quantitative estimate of drug-likeness (QED) is 0.505. The first-order valence-corrected chi connectivity index (χ1v) is 8.09. The van der Waals surface area contributed by atoms with Gasteiger partial charge in [-0.3, -0.25) is 4.98 Å². The van der Waals surface area contributed by atoms with Crippen LogP contribution in [0.3, 0.4) is 0 Å². The summed E-state index contributed by atoms with van der Waals surface area (Å²) < 4.78 is 22.6. The number of nitrogens with zero attached hydrogens (tertiary/aromatic N) is 1. The summed E-state index contributed by atoms with van der Waals surface area (Å²) >= 11 is 3.34. The van der Waals surface area contributed by atoms with Gasteiger partial charge in [0.05, 0.1) is 39.2 Å². The zero-order valence-electron chi connectivity index (χ0n) is 12.6. The molecule has 0 saturated carbocycles. The van der Waals surface area contributed by atoms with E-state index in [4.69, 9.17) is 18.9 Å². The van der Waals surface area contributed by atoms with E-state index in [9.17, 15) is 0 Å². The van der Waals surface area contributed by atoms with Crippen LogP contribution in [-0.2, 0) is 14.2 Å². The monoisotopic (exact) mass is 361 g/mol. The van der Waals surface area contributed by atoms with Crippen LogP contribution in [0.1, 0.15) is 19.8 Å². The molecule has 120 valence electrons. The van der Waals surface area contributed by atoms with E-state index in [2.05, 4.69) is 27.8 Å². The standard InChI is InChI=1S/C15H24BrNO4/c1-2-3-4-18-5-6-19-7-8-20-9-10-21-15-11-14(16)12-17-13-15/h11-13H,2-10H2,1H3. The molecule has 6 heteroatoms. The van der Waals surface area contributed by atoms with Crippen LogP contribution in [0.2, 0.25) is 0 Å². The Kier molecular flexibility index (Phi) is 11.4. The first-order chi connectivity index (χ1) is 10.3. The summed E-state index contributed by atoms with van der Waals surface area (Å²) in [6, 6.07) is 1.87. The summed E-state index contributed by atoms with van der Waals surface area (Å²) in [6.07, 6.45) is 5.66. The summed E-state index contributed by atoms with van der Waals surface area (Å²) in [4.78, 5) is 4.02. The predicted octanol–water partition coefficient (Wildman–Crippen LogP) is 3.07. The fourth-order valence-corrected chi connectivity index (χ4v) is 1.82. The van der Waals surface area contributed by atoms with E-state index >= 15 is 0 Å². The van der Waals surface area contributed by atoms with E-state index in [0.29, 0.717) is 39.6 Å². The van der Waals surface area contributed by atoms with Crippen molar-refractivity contribution in [1.29, 1.82) is 0 Å². The highest BCUT2D eigenvalue weighted by Crippen LogP contribution is 2.15. The molecule has 0 aliphatic heterocycles. The Morgan fingerprint density at radius 1 is 0.905 bits per heavy atom. The minimum atomic E-state index is 0.498. The molecule has 0 radical (unpaired) electrons. The number of pyridine rings is 1. The third kappa shape index (κ3) is 10.6. The number of halogens is 1. The summed E-state index contributed by atoms with van der Waals surface area (Å²) in [5.41, 5.74) is 0. The van der Waals surface area contributed by atoms with Crippen molar-refractivity contribution in [2.24, 2.45) is 0 Å². The maximum atomic E-state index is 5.49. The highest BCUT2D eigenvalue weighted by atomic mass is 79.9. The second-order valence-electron chi connectivity index (χ2n) is 4.38. The van der Waals surface area contributed by atoms with Crippen molar-refractivity contribution in [2.75, 3.05) is 46.2 Å². The minimum Gasteiger partial charge on any atom is -0.490 e. The molecule has 0 unspecified atom stereocenters. The molecule has 0 N–H and O–H groups in total. The number of unbranched alkanes of at least 4 members (excludes halogenated alkanes) is 1. The van der Waals surface area contributed by atoms with E-state index < -0.39 is 0 Å². The van der Waals surface area contributed by atoms with E-state index in [1.165, 1.54) is 0 Å². The topological polar surface area (TPSA) is 49.8 Å². The highest BCUT2D eigenvalue weighted by Gasteiger charge is 1.96. The lowest BCUT2D eigenvalue weighted by atomic mass is 10.4. The lowest BCUT2D eigenvalue weighted by Crippen LogP contribution is -2.13. The molecule has 1 rings (SSSR count). The van der Waals surface area contributed by atoms with Gasteiger partial charge in [-0.1, -0.05) is 13.3 Å². The molecule has 0 bridgehead atoms. The van der Waals surface area contributed by atoms with E-state index in [0.717, 1.165) is 29.7 Å². The van der Waals surface area contributed by atoms with Gasteiger partial charge in [0.1, 0.15) is 12.4 Å². The van der Waals surface area contributed by atoms with Crippen LogP contribution in [0, 0.1) is 0 Å². The Bertz CT molecular complexity index is 365. The Hall–Kier alpha value is -0.690. The second-order valence-corrected chi connectivity index (χ2v) is 5.29. The van der Waals surface area contributed by atoms with Crippen molar-refractivity contribution in [3.8, 4) is 5.75 Å². The molecule has 0 atom stereocenters. The molecular formula is C15H24BrNO4. The van der Waals surface area contributed by atoms with Gasteiger partial charge in [0, 0.05) is 17.3 Å². The SMILES string of the molecule is CCCCOCCOCCOCCOc1cncc(Br)c1. The second kappa shape index (κ2) is 13.0. The van der Waals surface area contributed by atoms with Crippen LogP contribution in [0.4, 0.5) is 0 Å². The number of hydrogen-bond acceptors (Lipinski definition) is 5. The van der Waals surface area contributed by atoms with Crippen molar-refractivity contribution in [3.05, 3.63) is 22.9 Å². The summed E-state index contributed by atoms with van der Waals surface area (Å²) in [5, 5.41) is 0. The molecule has 5 nitrogen and oxygen atoms in total. The summed E-state index contributed by atoms with van der Waals surface area (Å²) in [5.74, 6) is 0.730. The van der Waals surface area contributed by atoms with E-state index in [1.54, 1.807) is 12.4 Å². The van der Waals surface area contributed by atoms with Gasteiger partial charge in [-0.15, -0.1) is 0 Å². The summed E-state index contributed by atoms with van der Waals surface area (Å²) in [7, 11) is 0. The molecule has 1 aromatic rings. The molecule has 0 amide bonds. The van der Waals surface area contributed by atoms with Crippen LogP contribution in [0.5, 0.6) is 5.75 Å². The van der Waals surface area contributed by atoms with Crippen molar-refractivity contribution in [1.82, 2.24) is 4.98 Å². The summed E-state index contributed by atoms with van der Waals surface area (Å²) in [6.45, 7) is 6.41. The normalized spacial score (nSPS) is 10.8. The first-order valence-electron chi connectivity index (χ1n) is 7.29. The predicted molar refractivity (Wildman–Crippen MR) is 84.8 cm³/mol. The molecule has 21 heavy (non-hydrogen) atoms. The van der Waals surface area contributed by atoms with E-state index in [1.807, 2.05) is 6.07 Å². The van der Waals surface area contributed by atoms with E-state index in [-0.39, 0.29) is 0 Å². The minimum absolute atomic E-state index is 0.498. The number of ether oxygens (including phenoxy) is 4. The van der Waals surface area contributed by atoms with Crippen LogP contribution in [0.25, 0.3) is 0 Å². The van der Waals surface area contributed by atoms with Crippen LogP contribution in [-0.4, -0.2) is 51.2 Å². The Morgan fingerprint density at radius 2 is 1.52 bits per heavy atom. The third-order valence-electron chi connectivity index (χ3n) is 2.56. The number of rotatable bonds is 13. The van der Waals surface area contributed by atoms with Gasteiger partial charge in [-0.25, -0.2) is 0 Å². The lowest BCUT2D eigenvalue weighted by molar-refractivity contribution is 0.00893. The van der Waals surface area contributed by atoms with Crippen molar-refractivity contribution >= 4 is 15.9 Å². The maximum absolute atomic E-state index is 5.49. The lowest BCUT2D eigenvalue weighted by Gasteiger charge is -2.08. The van der Waals surface area contributed by atoms with Crippen LogP contribution >= 0.6 is 15.9 Å². The largest absolute Gasteiger partial charge is 0.490 e. The Balaban J connectivity index is 1.82. The molecule has 0 aromatic carbocycles. The van der Waals surface area contributed by atoms with Gasteiger partial charge in [-0.2, -0.15) is 0 Å². The van der Waals surface area contributed by atoms with Gasteiger partial charge < -0.3 is 18.9 Å². The molecule has 1 heterocycles. The fraction of sp³-hybridized carbons (Fsp3) is 0.667. The molecule has 1 aromatic heterocycles. The van der Waals surface area contributed by atoms with Gasteiger partial charge in [-0.05, 0) is 28.4 Å². The number of hydrogen-bond donors (Lipinski definition) is 0. The van der Waals surface area contributed by atoms with Crippen LogP contribution in [0.15, 0.2) is 22.9 Å². The third-order valence-corrected chi connectivity index (χ3v) is 3.00. The first kappa shape index (κ1) is 18.4. The smallest absolute Gasteiger partial charge is 0.138 e. The van der Waals surface area contributed by atoms with Gasteiger partial charge in [0.15, 0.2) is 0 Å². The number of aromatic nitrogens is 1. The zero-order chi connectivity index (χ0) is 15.2. The van der Waals surface area contributed by atoms with Gasteiger partial charge in [0.2, 0.25) is 0 Å². The molecule has 0 spiro atoms. The average molecular weight is 362 g/mol.